The summed E-state index contributed by atoms with van der Waals surface area (Å²) in [5.41, 5.74) is 1.34. The lowest BCUT2D eigenvalue weighted by Gasteiger charge is -2.15. The number of aromatic nitrogens is 2. The van der Waals surface area contributed by atoms with Crippen LogP contribution in [0.15, 0.2) is 58.1 Å². The molecule has 196 valence electrons. The Kier molecular flexibility index (Phi) is 8.58. The summed E-state index contributed by atoms with van der Waals surface area (Å²) in [6, 6.07) is 14.7. The number of fused-ring (bicyclic) bond motifs is 1. The maximum Gasteiger partial charge on any atom is 0.331 e. The van der Waals surface area contributed by atoms with E-state index in [2.05, 4.69) is 24.5 Å². The van der Waals surface area contributed by atoms with Crippen molar-refractivity contribution in [3.05, 3.63) is 74.9 Å². The lowest BCUT2D eigenvalue weighted by Crippen LogP contribution is -2.41. The molecule has 3 aromatic rings. The fraction of sp³-hybridized carbons (Fsp3) is 0.448. The number of nitrogens with one attached hydrogen (secondary N) is 2. The molecule has 0 unspecified atom stereocenters. The van der Waals surface area contributed by atoms with E-state index in [1.807, 2.05) is 24.3 Å². The van der Waals surface area contributed by atoms with Gasteiger partial charge in [0, 0.05) is 24.7 Å². The fourth-order valence-electron chi connectivity index (χ4n) is 4.94. The zero-order chi connectivity index (χ0) is 26.4. The Labute approximate surface area is 216 Å². The van der Waals surface area contributed by atoms with Crippen LogP contribution in [0, 0.1) is 0 Å². The third kappa shape index (κ3) is 6.56. The highest BCUT2D eigenvalue weighted by Crippen LogP contribution is 2.18. The average molecular weight is 505 g/mol. The molecule has 2 amide bonds. The molecule has 1 fully saturated rings. The van der Waals surface area contributed by atoms with E-state index >= 15 is 0 Å². The van der Waals surface area contributed by atoms with Crippen LogP contribution in [0.5, 0.6) is 0 Å². The van der Waals surface area contributed by atoms with Gasteiger partial charge in [-0.3, -0.25) is 23.5 Å². The highest BCUT2D eigenvalue weighted by molar-refractivity contribution is 5.91. The fourth-order valence-corrected chi connectivity index (χ4v) is 4.94. The predicted molar refractivity (Wildman–Crippen MR) is 146 cm³/mol. The molecule has 0 radical (unpaired) electrons. The number of amides is 2. The molecule has 1 heterocycles. The van der Waals surface area contributed by atoms with Gasteiger partial charge < -0.3 is 10.6 Å². The number of para-hydroxylation sites is 1. The molecule has 1 aliphatic carbocycles. The van der Waals surface area contributed by atoms with Crippen LogP contribution in [0.25, 0.3) is 10.9 Å². The van der Waals surface area contributed by atoms with Crippen molar-refractivity contribution in [3.63, 3.8) is 0 Å². The minimum absolute atomic E-state index is 0.0215. The third-order valence-corrected chi connectivity index (χ3v) is 7.05. The van der Waals surface area contributed by atoms with Gasteiger partial charge in [0.2, 0.25) is 11.8 Å². The van der Waals surface area contributed by atoms with Crippen molar-refractivity contribution in [1.82, 2.24) is 14.5 Å². The predicted octanol–water partition coefficient (Wildman–Crippen LogP) is 4.15. The molecule has 2 N–H and O–H groups in total. The Hall–Kier alpha value is -3.68. The highest BCUT2D eigenvalue weighted by atomic mass is 16.2. The van der Waals surface area contributed by atoms with Gasteiger partial charge in [0.05, 0.1) is 10.9 Å². The van der Waals surface area contributed by atoms with Gasteiger partial charge in [-0.1, -0.05) is 51.0 Å². The first-order valence-corrected chi connectivity index (χ1v) is 13.2. The molecule has 2 aromatic carbocycles. The summed E-state index contributed by atoms with van der Waals surface area (Å²) in [4.78, 5) is 51.5. The zero-order valence-electron chi connectivity index (χ0n) is 21.7. The largest absolute Gasteiger partial charge is 0.353 e. The van der Waals surface area contributed by atoms with Crippen LogP contribution in [-0.4, -0.2) is 27.0 Å². The van der Waals surface area contributed by atoms with Crippen molar-refractivity contribution in [2.24, 2.45) is 0 Å². The Morgan fingerprint density at radius 2 is 1.62 bits per heavy atom. The SMILES string of the molecule is CC(C)c1ccc(NC(=O)Cn2c(=O)n(CCCCC(=O)NC3CCCC3)c(=O)c3ccccc32)cc1. The van der Waals surface area contributed by atoms with Gasteiger partial charge >= 0.3 is 5.69 Å². The molecule has 1 saturated carbocycles. The quantitative estimate of drug-likeness (QED) is 0.405. The standard InChI is InChI=1S/C29H36N4O4/c1-20(2)21-14-16-23(17-15-21)31-27(35)19-33-25-12-6-5-11-24(25)28(36)32(29(33)37)18-8-7-13-26(34)30-22-9-3-4-10-22/h5-6,11-12,14-17,20,22H,3-4,7-10,13,18-19H2,1-2H3,(H,30,34)(H,31,35). The second-order valence-electron chi connectivity index (χ2n) is 10.2. The molecule has 0 bridgehead atoms. The van der Waals surface area contributed by atoms with Crippen LogP contribution >= 0.6 is 0 Å². The lowest BCUT2D eigenvalue weighted by molar-refractivity contribution is -0.122. The number of carbonyl (C=O) groups excluding carboxylic acids is 2. The Bertz CT molecular complexity index is 1370. The molecule has 8 nitrogen and oxygen atoms in total. The van der Waals surface area contributed by atoms with E-state index in [0.717, 1.165) is 25.7 Å². The molecule has 1 aliphatic rings. The smallest absolute Gasteiger partial charge is 0.331 e. The average Bonchev–Trinajstić information content (AvgIpc) is 3.39. The number of hydrogen-bond donors (Lipinski definition) is 2. The van der Waals surface area contributed by atoms with Gasteiger partial charge in [-0.05, 0) is 61.4 Å². The minimum atomic E-state index is -0.524. The first-order chi connectivity index (χ1) is 17.8. The first kappa shape index (κ1) is 26.4. The van der Waals surface area contributed by atoms with Gasteiger partial charge in [0.15, 0.2) is 0 Å². The maximum absolute atomic E-state index is 13.3. The van der Waals surface area contributed by atoms with E-state index in [0.29, 0.717) is 41.8 Å². The molecule has 0 aliphatic heterocycles. The number of rotatable bonds is 10. The Morgan fingerprint density at radius 1 is 0.919 bits per heavy atom. The molecule has 8 heteroatoms. The number of benzene rings is 2. The molecule has 1 aromatic heterocycles. The summed E-state index contributed by atoms with van der Waals surface area (Å²) in [5, 5.41) is 6.30. The third-order valence-electron chi connectivity index (χ3n) is 7.05. The van der Waals surface area contributed by atoms with Crippen LogP contribution < -0.4 is 21.9 Å². The van der Waals surface area contributed by atoms with E-state index in [-0.39, 0.29) is 36.5 Å². The van der Waals surface area contributed by atoms with Crippen LogP contribution in [0.4, 0.5) is 5.69 Å². The van der Waals surface area contributed by atoms with Crippen molar-refractivity contribution in [3.8, 4) is 0 Å². The van der Waals surface area contributed by atoms with Crippen molar-refractivity contribution in [2.75, 3.05) is 5.32 Å². The van der Waals surface area contributed by atoms with Crippen LogP contribution in [0.3, 0.4) is 0 Å². The second-order valence-corrected chi connectivity index (χ2v) is 10.2. The Morgan fingerprint density at radius 3 is 2.32 bits per heavy atom. The van der Waals surface area contributed by atoms with Gasteiger partial charge in [-0.25, -0.2) is 4.79 Å². The van der Waals surface area contributed by atoms with E-state index in [1.165, 1.54) is 14.7 Å². The summed E-state index contributed by atoms with van der Waals surface area (Å²) in [6.45, 7) is 4.18. The molecule has 4 rings (SSSR count). The van der Waals surface area contributed by atoms with Gasteiger partial charge in [-0.15, -0.1) is 0 Å². The zero-order valence-corrected chi connectivity index (χ0v) is 21.7. The van der Waals surface area contributed by atoms with Gasteiger partial charge in [0.25, 0.3) is 5.56 Å². The second kappa shape index (κ2) is 12.0. The van der Waals surface area contributed by atoms with E-state index in [9.17, 15) is 19.2 Å². The summed E-state index contributed by atoms with van der Waals surface area (Å²) in [5.74, 6) is 0.0593. The molecule has 0 atom stereocenters. The van der Waals surface area contributed by atoms with Crippen molar-refractivity contribution in [1.29, 1.82) is 0 Å². The number of unbranched alkanes of at least 4 members (excludes halogenated alkanes) is 1. The van der Waals surface area contributed by atoms with E-state index in [1.54, 1.807) is 24.3 Å². The molecule has 0 saturated heterocycles. The maximum atomic E-state index is 13.3. The topological polar surface area (TPSA) is 102 Å². The van der Waals surface area contributed by atoms with E-state index < -0.39 is 5.69 Å². The Balaban J connectivity index is 1.46. The van der Waals surface area contributed by atoms with Crippen LogP contribution in [0.2, 0.25) is 0 Å². The first-order valence-electron chi connectivity index (χ1n) is 13.2. The molecular formula is C29H36N4O4. The summed E-state index contributed by atoms with van der Waals surface area (Å²) in [6.07, 6.45) is 5.84. The summed E-state index contributed by atoms with van der Waals surface area (Å²) in [7, 11) is 0. The lowest BCUT2D eigenvalue weighted by atomic mass is 10.0. The van der Waals surface area contributed by atoms with Crippen molar-refractivity contribution < 1.29 is 9.59 Å². The number of anilines is 1. The van der Waals surface area contributed by atoms with Gasteiger partial charge in [-0.2, -0.15) is 0 Å². The van der Waals surface area contributed by atoms with Crippen LogP contribution in [0.1, 0.15) is 70.3 Å². The number of carbonyl (C=O) groups is 2. The molecular weight excluding hydrogens is 468 g/mol. The highest BCUT2D eigenvalue weighted by Gasteiger charge is 2.18. The number of hydrogen-bond acceptors (Lipinski definition) is 4. The number of nitrogens with zero attached hydrogens (tertiary/aromatic N) is 2. The van der Waals surface area contributed by atoms with Crippen molar-refractivity contribution in [2.45, 2.75) is 83.8 Å². The van der Waals surface area contributed by atoms with Crippen LogP contribution in [-0.2, 0) is 22.7 Å². The van der Waals surface area contributed by atoms with Gasteiger partial charge in [0.1, 0.15) is 6.54 Å². The molecule has 37 heavy (non-hydrogen) atoms. The summed E-state index contributed by atoms with van der Waals surface area (Å²) < 4.78 is 2.53. The van der Waals surface area contributed by atoms with Crippen molar-refractivity contribution >= 4 is 28.4 Å². The minimum Gasteiger partial charge on any atom is -0.353 e. The summed E-state index contributed by atoms with van der Waals surface area (Å²) >= 11 is 0. The normalized spacial score (nSPS) is 13.8. The monoisotopic (exact) mass is 504 g/mol. The molecule has 0 spiro atoms. The van der Waals surface area contributed by atoms with E-state index in [4.69, 9.17) is 0 Å².